The number of benzene rings is 4. The third-order valence-corrected chi connectivity index (χ3v) is 9.41. The minimum atomic E-state index is -4.37. The molecule has 0 aromatic heterocycles. The molecule has 4 rings (SSSR count). The molecule has 0 saturated carbocycles. The van der Waals surface area contributed by atoms with Crippen molar-refractivity contribution in [3.8, 4) is 5.75 Å². The molecule has 1 N–H and O–H groups in total. The maximum Gasteiger partial charge on any atom is 0.264 e. The van der Waals surface area contributed by atoms with Crippen LogP contribution in [-0.4, -0.2) is 49.9 Å². The number of hydrogen-bond acceptors (Lipinski definition) is 5. The minimum absolute atomic E-state index is 0.0288. The number of halogens is 2. The summed E-state index contributed by atoms with van der Waals surface area (Å²) in [4.78, 5) is 29.8. The van der Waals surface area contributed by atoms with Gasteiger partial charge in [0.1, 0.15) is 24.2 Å². The van der Waals surface area contributed by atoms with Crippen LogP contribution in [0.5, 0.6) is 5.75 Å². The quantitative estimate of drug-likeness (QED) is 0.165. The Balaban J connectivity index is 1.82. The Morgan fingerprint density at radius 2 is 1.53 bits per heavy atom. The number of rotatable bonds is 13. The number of carbonyl (C=O) groups excluding carboxylic acids is 2. The standard InChI is InChI=1S/C36H39BrFN3O5S/c1-5-46-31-18-16-30(17-19-31)41(47(44,45)32-20-14-29(38)15-21-32)25-34(42)40(24-27-12-9-13-28(37)22-27)33(35(43)39-36(2,3)4)23-26-10-7-6-8-11-26/h6-22,33H,5,23-25H2,1-4H3,(H,39,43). The first-order valence-corrected chi connectivity index (χ1v) is 17.4. The van der Waals surface area contributed by atoms with Gasteiger partial charge in [-0.15, -0.1) is 0 Å². The third-order valence-electron chi connectivity index (χ3n) is 7.13. The summed E-state index contributed by atoms with van der Waals surface area (Å²) in [6.07, 6.45) is 0.191. The Hall–Kier alpha value is -4.22. The normalized spacial score (nSPS) is 12.2. The molecule has 0 aliphatic carbocycles. The molecule has 0 radical (unpaired) electrons. The van der Waals surface area contributed by atoms with Crippen molar-refractivity contribution in [2.75, 3.05) is 17.5 Å². The number of nitrogens with zero attached hydrogens (tertiary/aromatic N) is 2. The average Bonchev–Trinajstić information content (AvgIpc) is 3.02. The lowest BCUT2D eigenvalue weighted by Gasteiger charge is -2.35. The van der Waals surface area contributed by atoms with Crippen molar-refractivity contribution >= 4 is 43.5 Å². The predicted octanol–water partition coefficient (Wildman–Crippen LogP) is 6.74. The van der Waals surface area contributed by atoms with Gasteiger partial charge < -0.3 is 15.0 Å². The minimum Gasteiger partial charge on any atom is -0.494 e. The molecule has 8 nitrogen and oxygen atoms in total. The first kappa shape index (κ1) is 35.6. The average molecular weight is 725 g/mol. The molecular weight excluding hydrogens is 685 g/mol. The van der Waals surface area contributed by atoms with Gasteiger partial charge in [-0.1, -0.05) is 58.4 Å². The summed E-state index contributed by atoms with van der Waals surface area (Å²) in [6.45, 7) is 7.21. The molecule has 2 amide bonds. The second-order valence-corrected chi connectivity index (χ2v) is 14.8. The second kappa shape index (κ2) is 15.6. The molecule has 0 spiro atoms. The van der Waals surface area contributed by atoms with Crippen LogP contribution in [0.1, 0.15) is 38.8 Å². The summed E-state index contributed by atoms with van der Waals surface area (Å²) < 4.78 is 49.3. The molecule has 4 aromatic carbocycles. The van der Waals surface area contributed by atoms with Crippen molar-refractivity contribution in [1.29, 1.82) is 0 Å². The molecule has 0 aliphatic heterocycles. The molecular formula is C36H39BrFN3O5S. The summed E-state index contributed by atoms with van der Waals surface area (Å²) in [5, 5.41) is 3.01. The van der Waals surface area contributed by atoms with E-state index in [2.05, 4.69) is 21.2 Å². The summed E-state index contributed by atoms with van der Waals surface area (Å²) in [7, 11) is -4.37. The van der Waals surface area contributed by atoms with Crippen LogP contribution in [-0.2, 0) is 32.6 Å². The van der Waals surface area contributed by atoms with E-state index >= 15 is 0 Å². The van der Waals surface area contributed by atoms with Crippen LogP contribution in [0.15, 0.2) is 112 Å². The zero-order valence-corrected chi connectivity index (χ0v) is 29.2. The molecule has 0 bridgehead atoms. The Labute approximate surface area is 284 Å². The number of anilines is 1. The molecule has 0 heterocycles. The molecule has 0 aliphatic rings. The van der Waals surface area contributed by atoms with Crippen molar-refractivity contribution in [2.24, 2.45) is 0 Å². The summed E-state index contributed by atoms with van der Waals surface area (Å²) >= 11 is 3.49. The van der Waals surface area contributed by atoms with Gasteiger partial charge in [0.05, 0.1) is 17.2 Å². The lowest BCUT2D eigenvalue weighted by atomic mass is 10.0. The number of carbonyl (C=O) groups is 2. The predicted molar refractivity (Wildman–Crippen MR) is 185 cm³/mol. The van der Waals surface area contributed by atoms with E-state index in [-0.39, 0.29) is 29.5 Å². The van der Waals surface area contributed by atoms with Crippen LogP contribution < -0.4 is 14.4 Å². The fraction of sp³-hybridized carbons (Fsp3) is 0.278. The highest BCUT2D eigenvalue weighted by Crippen LogP contribution is 2.27. The second-order valence-electron chi connectivity index (χ2n) is 12.0. The van der Waals surface area contributed by atoms with E-state index in [1.807, 2.05) is 82.3 Å². The van der Waals surface area contributed by atoms with Crippen molar-refractivity contribution in [2.45, 2.75) is 57.1 Å². The van der Waals surface area contributed by atoms with Crippen LogP contribution in [0.2, 0.25) is 0 Å². The van der Waals surface area contributed by atoms with E-state index in [4.69, 9.17) is 4.74 Å². The van der Waals surface area contributed by atoms with E-state index in [9.17, 15) is 22.4 Å². The van der Waals surface area contributed by atoms with Gasteiger partial charge in [-0.3, -0.25) is 13.9 Å². The number of amides is 2. The summed E-state index contributed by atoms with van der Waals surface area (Å²) in [6, 6.07) is 26.5. The van der Waals surface area contributed by atoms with E-state index in [0.29, 0.717) is 12.4 Å². The number of ether oxygens (including phenoxy) is 1. The molecule has 11 heteroatoms. The fourth-order valence-electron chi connectivity index (χ4n) is 4.98. The van der Waals surface area contributed by atoms with Gasteiger partial charge in [0, 0.05) is 23.0 Å². The van der Waals surface area contributed by atoms with Gasteiger partial charge >= 0.3 is 0 Å². The van der Waals surface area contributed by atoms with Gasteiger partial charge in [-0.05, 0) is 99.5 Å². The van der Waals surface area contributed by atoms with E-state index < -0.39 is 39.9 Å². The summed E-state index contributed by atoms with van der Waals surface area (Å²) in [5.74, 6) is -1.05. The van der Waals surface area contributed by atoms with Crippen LogP contribution in [0, 0.1) is 5.82 Å². The molecule has 0 saturated heterocycles. The SMILES string of the molecule is CCOc1ccc(N(CC(=O)N(Cc2cccc(Br)c2)C(Cc2ccccc2)C(=O)NC(C)(C)C)S(=O)(=O)c2ccc(F)cc2)cc1. The highest BCUT2D eigenvalue weighted by atomic mass is 79.9. The number of hydrogen-bond donors (Lipinski definition) is 1. The molecule has 248 valence electrons. The third kappa shape index (κ3) is 9.89. The molecule has 4 aromatic rings. The first-order valence-electron chi connectivity index (χ1n) is 15.2. The topological polar surface area (TPSA) is 96.0 Å². The van der Waals surface area contributed by atoms with Crippen molar-refractivity contribution in [3.63, 3.8) is 0 Å². The lowest BCUT2D eigenvalue weighted by molar-refractivity contribution is -0.140. The number of nitrogens with one attached hydrogen (secondary N) is 1. The van der Waals surface area contributed by atoms with Gasteiger partial charge in [-0.25, -0.2) is 12.8 Å². The van der Waals surface area contributed by atoms with Crippen LogP contribution in [0.3, 0.4) is 0 Å². The maximum absolute atomic E-state index is 14.6. The Morgan fingerprint density at radius 3 is 2.13 bits per heavy atom. The number of sulfonamides is 1. The van der Waals surface area contributed by atoms with E-state index in [0.717, 1.165) is 44.2 Å². The Kier molecular flexibility index (Phi) is 11.8. The van der Waals surface area contributed by atoms with Crippen LogP contribution in [0.25, 0.3) is 0 Å². The maximum atomic E-state index is 14.6. The fourth-order valence-corrected chi connectivity index (χ4v) is 6.84. The zero-order chi connectivity index (χ0) is 34.2. The molecule has 1 atom stereocenters. The van der Waals surface area contributed by atoms with Gasteiger partial charge in [0.15, 0.2) is 0 Å². The van der Waals surface area contributed by atoms with Crippen LogP contribution >= 0.6 is 15.9 Å². The van der Waals surface area contributed by atoms with Crippen LogP contribution in [0.4, 0.5) is 10.1 Å². The first-order chi connectivity index (χ1) is 22.3. The summed E-state index contributed by atoms with van der Waals surface area (Å²) in [5.41, 5.74) is 1.17. The molecule has 1 unspecified atom stereocenters. The molecule has 47 heavy (non-hydrogen) atoms. The van der Waals surface area contributed by atoms with Crippen molar-refractivity contribution in [1.82, 2.24) is 10.2 Å². The Morgan fingerprint density at radius 1 is 0.894 bits per heavy atom. The lowest BCUT2D eigenvalue weighted by Crippen LogP contribution is -2.56. The van der Waals surface area contributed by atoms with Gasteiger partial charge in [0.25, 0.3) is 10.0 Å². The molecule has 0 fully saturated rings. The highest BCUT2D eigenvalue weighted by Gasteiger charge is 2.35. The zero-order valence-electron chi connectivity index (χ0n) is 26.8. The smallest absolute Gasteiger partial charge is 0.264 e. The monoisotopic (exact) mass is 723 g/mol. The van der Waals surface area contributed by atoms with Gasteiger partial charge in [-0.2, -0.15) is 0 Å². The van der Waals surface area contributed by atoms with E-state index in [1.165, 1.54) is 4.90 Å². The Bertz CT molecular complexity index is 1760. The highest BCUT2D eigenvalue weighted by molar-refractivity contribution is 9.10. The van der Waals surface area contributed by atoms with Crippen molar-refractivity contribution < 1.29 is 27.1 Å². The largest absolute Gasteiger partial charge is 0.494 e. The van der Waals surface area contributed by atoms with Crippen molar-refractivity contribution in [3.05, 3.63) is 125 Å². The van der Waals surface area contributed by atoms with E-state index in [1.54, 1.807) is 24.3 Å². The van der Waals surface area contributed by atoms with Gasteiger partial charge in [0.2, 0.25) is 11.8 Å².